The van der Waals surface area contributed by atoms with E-state index in [9.17, 15) is 9.90 Å². The van der Waals surface area contributed by atoms with Crippen LogP contribution in [0, 0.1) is 0 Å². The van der Waals surface area contributed by atoms with Crippen molar-refractivity contribution in [3.63, 3.8) is 0 Å². The SMILES string of the molecule is CC(C)(C)c1cccc2c1CCC(O[Si](c1ccccc1)c1ccccc1)C2(O)CCOC(=O)N(c1ccccc1)c1ccccc1. The fourth-order valence-corrected chi connectivity index (χ4v) is 8.79. The van der Waals surface area contributed by atoms with E-state index in [-0.39, 0.29) is 18.4 Å². The normalized spacial score (nSPS) is 17.6. The Balaban J connectivity index is 1.33. The molecule has 6 heteroatoms. The van der Waals surface area contributed by atoms with E-state index in [0.29, 0.717) is 17.8 Å². The summed E-state index contributed by atoms with van der Waals surface area (Å²) in [5.41, 5.74) is 3.19. The van der Waals surface area contributed by atoms with Gasteiger partial charge in [-0.1, -0.05) is 136 Å². The molecule has 239 valence electrons. The van der Waals surface area contributed by atoms with Crippen molar-refractivity contribution >= 4 is 36.9 Å². The Labute approximate surface area is 280 Å². The van der Waals surface area contributed by atoms with Crippen LogP contribution in [0.25, 0.3) is 0 Å². The van der Waals surface area contributed by atoms with Gasteiger partial charge in [0.2, 0.25) is 0 Å². The highest BCUT2D eigenvalue weighted by Crippen LogP contribution is 2.43. The van der Waals surface area contributed by atoms with E-state index in [2.05, 4.69) is 51.1 Å². The van der Waals surface area contributed by atoms with Gasteiger partial charge >= 0.3 is 6.09 Å². The molecule has 0 spiro atoms. The maximum Gasteiger partial charge on any atom is 0.418 e. The molecule has 1 aliphatic carbocycles. The topological polar surface area (TPSA) is 59.0 Å². The van der Waals surface area contributed by atoms with Gasteiger partial charge in [-0.25, -0.2) is 9.69 Å². The zero-order valence-corrected chi connectivity index (χ0v) is 28.3. The molecule has 0 saturated carbocycles. The van der Waals surface area contributed by atoms with Crippen LogP contribution >= 0.6 is 0 Å². The Kier molecular flexibility index (Phi) is 9.73. The third kappa shape index (κ3) is 7.10. The Morgan fingerprint density at radius 2 is 1.28 bits per heavy atom. The van der Waals surface area contributed by atoms with Gasteiger partial charge in [-0.2, -0.15) is 0 Å². The number of anilines is 2. The Bertz CT molecular complexity index is 1680. The molecule has 2 unspecified atom stereocenters. The Morgan fingerprint density at radius 3 is 1.79 bits per heavy atom. The van der Waals surface area contributed by atoms with Gasteiger partial charge < -0.3 is 14.3 Å². The summed E-state index contributed by atoms with van der Waals surface area (Å²) >= 11 is 0. The highest BCUT2D eigenvalue weighted by molar-refractivity contribution is 6.80. The molecule has 5 aromatic rings. The average molecular weight is 641 g/mol. The van der Waals surface area contributed by atoms with E-state index in [1.807, 2.05) is 109 Å². The third-order valence-corrected chi connectivity index (χ3v) is 11.1. The van der Waals surface area contributed by atoms with Gasteiger partial charge in [0.25, 0.3) is 9.04 Å². The van der Waals surface area contributed by atoms with E-state index < -0.39 is 26.8 Å². The van der Waals surface area contributed by atoms with Crippen LogP contribution in [0.2, 0.25) is 0 Å². The number of nitrogens with zero attached hydrogens (tertiary/aromatic N) is 1. The second-order valence-corrected chi connectivity index (χ2v) is 15.1. The second kappa shape index (κ2) is 14.1. The molecule has 0 aromatic heterocycles. The van der Waals surface area contributed by atoms with Crippen molar-refractivity contribution in [2.75, 3.05) is 11.5 Å². The van der Waals surface area contributed by atoms with Gasteiger partial charge in [0.05, 0.1) is 24.1 Å². The van der Waals surface area contributed by atoms with Crippen LogP contribution in [0.1, 0.15) is 50.3 Å². The molecule has 0 aliphatic heterocycles. The summed E-state index contributed by atoms with van der Waals surface area (Å²) in [5, 5.41) is 15.1. The number of carbonyl (C=O) groups excluding carboxylic acids is 1. The van der Waals surface area contributed by atoms with Crippen LogP contribution in [-0.2, 0) is 26.6 Å². The number of rotatable bonds is 9. The average Bonchev–Trinajstić information content (AvgIpc) is 3.09. The number of para-hydroxylation sites is 2. The van der Waals surface area contributed by atoms with E-state index in [4.69, 9.17) is 9.16 Å². The molecule has 1 amide bonds. The van der Waals surface area contributed by atoms with Gasteiger partial charge in [-0.05, 0) is 69.6 Å². The number of hydrogen-bond donors (Lipinski definition) is 1. The Hall–Kier alpha value is -4.49. The number of hydrogen-bond acceptors (Lipinski definition) is 4. The fraction of sp³-hybridized carbons (Fsp3) is 0.244. The van der Waals surface area contributed by atoms with Crippen LogP contribution in [0.15, 0.2) is 140 Å². The maximum atomic E-state index is 13.7. The molecule has 6 rings (SSSR count). The second-order valence-electron chi connectivity index (χ2n) is 13.1. The van der Waals surface area contributed by atoms with Crippen molar-refractivity contribution in [3.05, 3.63) is 156 Å². The molecular weight excluding hydrogens is 599 g/mol. The first kappa shape index (κ1) is 32.4. The molecule has 0 bridgehead atoms. The molecule has 5 aromatic carbocycles. The van der Waals surface area contributed by atoms with Crippen LogP contribution < -0.4 is 15.3 Å². The minimum atomic E-state index is -1.71. The minimum Gasteiger partial charge on any atom is -0.449 e. The number of fused-ring (bicyclic) bond motifs is 1. The first-order valence-corrected chi connectivity index (χ1v) is 17.7. The predicted octanol–water partition coefficient (Wildman–Crippen LogP) is 7.67. The quantitative estimate of drug-likeness (QED) is 0.168. The third-order valence-electron chi connectivity index (χ3n) is 8.89. The van der Waals surface area contributed by atoms with Crippen molar-refractivity contribution in [2.24, 2.45) is 0 Å². The molecular formula is C41H42NO4Si. The summed E-state index contributed by atoms with van der Waals surface area (Å²) in [7, 11) is -1.71. The monoisotopic (exact) mass is 640 g/mol. The van der Waals surface area contributed by atoms with Crippen molar-refractivity contribution < 1.29 is 19.1 Å². The fourth-order valence-electron chi connectivity index (χ4n) is 6.60. The summed E-state index contributed by atoms with van der Waals surface area (Å²) in [4.78, 5) is 15.3. The maximum absolute atomic E-state index is 13.7. The lowest BCUT2D eigenvalue weighted by atomic mass is 9.70. The number of aliphatic hydroxyl groups is 1. The minimum absolute atomic E-state index is 0.0172. The van der Waals surface area contributed by atoms with E-state index in [1.54, 1.807) is 4.90 Å². The van der Waals surface area contributed by atoms with Crippen LogP contribution in [0.3, 0.4) is 0 Å². The molecule has 47 heavy (non-hydrogen) atoms. The van der Waals surface area contributed by atoms with Gasteiger partial charge in [0, 0.05) is 6.42 Å². The number of carbonyl (C=O) groups is 1. The zero-order valence-electron chi connectivity index (χ0n) is 27.3. The highest BCUT2D eigenvalue weighted by Gasteiger charge is 2.46. The molecule has 2 atom stereocenters. The Morgan fingerprint density at radius 1 is 0.766 bits per heavy atom. The lowest BCUT2D eigenvalue weighted by Gasteiger charge is -2.44. The van der Waals surface area contributed by atoms with E-state index >= 15 is 0 Å². The summed E-state index contributed by atoms with van der Waals surface area (Å²) in [6.45, 7) is 6.64. The number of benzene rings is 5. The van der Waals surface area contributed by atoms with E-state index in [1.165, 1.54) is 5.56 Å². The van der Waals surface area contributed by atoms with Crippen molar-refractivity contribution in [2.45, 2.75) is 57.2 Å². The summed E-state index contributed by atoms with van der Waals surface area (Å²) < 4.78 is 13.1. The predicted molar refractivity (Wildman–Crippen MR) is 191 cm³/mol. The summed E-state index contributed by atoms with van der Waals surface area (Å²) in [6, 6.07) is 45.8. The van der Waals surface area contributed by atoms with Crippen molar-refractivity contribution in [1.82, 2.24) is 0 Å². The molecule has 0 heterocycles. The molecule has 1 radical (unpaired) electrons. The summed E-state index contributed by atoms with van der Waals surface area (Å²) in [6.07, 6.45) is 0.641. The lowest BCUT2D eigenvalue weighted by molar-refractivity contribution is -0.0912. The van der Waals surface area contributed by atoms with Crippen LogP contribution in [-0.4, -0.2) is 33.0 Å². The lowest BCUT2D eigenvalue weighted by Crippen LogP contribution is -2.54. The van der Waals surface area contributed by atoms with Gasteiger partial charge in [0.1, 0.15) is 5.60 Å². The smallest absolute Gasteiger partial charge is 0.418 e. The van der Waals surface area contributed by atoms with Gasteiger partial charge in [0.15, 0.2) is 0 Å². The first-order chi connectivity index (χ1) is 22.8. The van der Waals surface area contributed by atoms with Crippen molar-refractivity contribution in [3.8, 4) is 0 Å². The number of ether oxygens (including phenoxy) is 1. The zero-order chi connectivity index (χ0) is 32.9. The molecule has 0 saturated heterocycles. The number of amides is 1. The molecule has 0 fully saturated rings. The molecule has 5 nitrogen and oxygen atoms in total. The van der Waals surface area contributed by atoms with Gasteiger partial charge in [-0.15, -0.1) is 0 Å². The highest BCUT2D eigenvalue weighted by atomic mass is 28.3. The van der Waals surface area contributed by atoms with Crippen LogP contribution in [0.5, 0.6) is 0 Å². The van der Waals surface area contributed by atoms with E-state index in [0.717, 1.165) is 27.9 Å². The van der Waals surface area contributed by atoms with Crippen molar-refractivity contribution in [1.29, 1.82) is 0 Å². The largest absolute Gasteiger partial charge is 0.449 e. The first-order valence-electron chi connectivity index (χ1n) is 16.3. The standard InChI is InChI=1S/C41H42NO4Si/c1-40(2,3)36-25-16-26-37-35(36)27-28-38(46-47(33-21-12-6-13-22-33)34-23-14-7-15-24-34)41(37,44)29-30-45-39(43)42(31-17-8-4-9-18-31)32-19-10-5-11-20-32/h4-26,38,44H,27-30H2,1-3H3. The molecule has 1 aliphatic rings. The van der Waals surface area contributed by atoms with Crippen LogP contribution in [0.4, 0.5) is 16.2 Å². The van der Waals surface area contributed by atoms with Gasteiger partial charge in [-0.3, -0.25) is 0 Å². The summed E-state index contributed by atoms with van der Waals surface area (Å²) in [5.74, 6) is 0. The molecule has 1 N–H and O–H groups in total.